The van der Waals surface area contributed by atoms with Gasteiger partial charge in [-0.25, -0.2) is 0 Å². The molecule has 0 aromatic heterocycles. The van der Waals surface area contributed by atoms with Gasteiger partial charge in [-0.1, -0.05) is 36.4 Å². The molecule has 1 fully saturated rings. The maximum absolute atomic E-state index is 12.2. The first-order valence-corrected chi connectivity index (χ1v) is 7.97. The molecule has 1 aromatic rings. The quantitative estimate of drug-likeness (QED) is 0.468. The summed E-state index contributed by atoms with van der Waals surface area (Å²) >= 11 is 0. The lowest BCUT2D eigenvalue weighted by Crippen LogP contribution is -2.39. The van der Waals surface area contributed by atoms with Gasteiger partial charge in [0.25, 0.3) is 0 Å². The number of nitrogens with zero attached hydrogens (tertiary/aromatic N) is 1. The zero-order valence-electron chi connectivity index (χ0n) is 14.5. The number of nitriles is 1. The number of ether oxygens (including phenoxy) is 2. The monoisotopic (exact) mass is 339 g/mol. The molecular formula is C20H21NO4. The van der Waals surface area contributed by atoms with Crippen molar-refractivity contribution in [2.24, 2.45) is 11.3 Å². The van der Waals surface area contributed by atoms with Crippen molar-refractivity contribution < 1.29 is 19.1 Å². The maximum atomic E-state index is 12.2. The minimum atomic E-state index is -1.30. The van der Waals surface area contributed by atoms with Crippen LogP contribution in [0.5, 0.6) is 0 Å². The Balaban J connectivity index is 2.09. The van der Waals surface area contributed by atoms with Crippen LogP contribution in [-0.4, -0.2) is 26.2 Å². The molecule has 0 radical (unpaired) electrons. The number of esters is 2. The van der Waals surface area contributed by atoms with Crippen LogP contribution in [0.2, 0.25) is 0 Å². The van der Waals surface area contributed by atoms with Gasteiger partial charge in [0.15, 0.2) is 5.41 Å². The second kappa shape index (κ2) is 7.80. The molecule has 1 unspecified atom stereocenters. The van der Waals surface area contributed by atoms with Crippen LogP contribution in [0.3, 0.4) is 0 Å². The van der Waals surface area contributed by atoms with Crippen molar-refractivity contribution in [3.8, 4) is 6.07 Å². The molecule has 0 saturated heterocycles. The third kappa shape index (κ3) is 3.80. The van der Waals surface area contributed by atoms with E-state index in [1.807, 2.05) is 24.3 Å². The molecule has 0 aliphatic heterocycles. The van der Waals surface area contributed by atoms with Crippen LogP contribution >= 0.6 is 0 Å². The molecule has 130 valence electrons. The van der Waals surface area contributed by atoms with Crippen LogP contribution in [0.1, 0.15) is 24.0 Å². The van der Waals surface area contributed by atoms with Gasteiger partial charge in [-0.05, 0) is 42.9 Å². The molecule has 0 amide bonds. The highest BCUT2D eigenvalue weighted by Gasteiger charge is 2.54. The predicted molar refractivity (Wildman–Crippen MR) is 92.3 cm³/mol. The fraction of sp³-hybridized carbons (Fsp3) is 0.350. The van der Waals surface area contributed by atoms with Crippen molar-refractivity contribution in [2.45, 2.75) is 19.3 Å². The van der Waals surface area contributed by atoms with Gasteiger partial charge in [0.1, 0.15) is 0 Å². The van der Waals surface area contributed by atoms with Gasteiger partial charge >= 0.3 is 11.9 Å². The number of benzene rings is 1. The van der Waals surface area contributed by atoms with Gasteiger partial charge in [-0.2, -0.15) is 5.26 Å². The standard InChI is InChI=1S/C20H21NO4/c1-14-11-20(18(22)24-2,19(23)25-3)12-17(14)6-4-5-15-7-9-16(13-21)10-8-15/h4,6-10,17H,1,5,11-12H2,2-3H3/b6-4+. The highest BCUT2D eigenvalue weighted by molar-refractivity contribution is 6.01. The molecule has 1 aromatic carbocycles. The minimum Gasteiger partial charge on any atom is -0.468 e. The van der Waals surface area contributed by atoms with Gasteiger partial charge in [0.2, 0.25) is 0 Å². The Morgan fingerprint density at radius 3 is 2.40 bits per heavy atom. The molecule has 1 atom stereocenters. The van der Waals surface area contributed by atoms with Crippen molar-refractivity contribution in [3.05, 3.63) is 59.7 Å². The minimum absolute atomic E-state index is 0.0865. The van der Waals surface area contributed by atoms with E-state index in [9.17, 15) is 9.59 Å². The van der Waals surface area contributed by atoms with Gasteiger partial charge in [0, 0.05) is 0 Å². The summed E-state index contributed by atoms with van der Waals surface area (Å²) < 4.78 is 9.64. The van der Waals surface area contributed by atoms with Crippen molar-refractivity contribution in [3.63, 3.8) is 0 Å². The Labute approximate surface area is 147 Å². The maximum Gasteiger partial charge on any atom is 0.323 e. The first-order valence-electron chi connectivity index (χ1n) is 7.97. The molecule has 0 N–H and O–H groups in total. The summed E-state index contributed by atoms with van der Waals surface area (Å²) in [4.78, 5) is 24.3. The van der Waals surface area contributed by atoms with E-state index in [0.717, 1.165) is 11.1 Å². The second-order valence-corrected chi connectivity index (χ2v) is 6.15. The lowest BCUT2D eigenvalue weighted by molar-refractivity contribution is -0.168. The van der Waals surface area contributed by atoms with Crippen LogP contribution in [0.25, 0.3) is 0 Å². The summed E-state index contributed by atoms with van der Waals surface area (Å²) in [6.45, 7) is 4.01. The van der Waals surface area contributed by atoms with Gasteiger partial charge < -0.3 is 9.47 Å². The fourth-order valence-electron chi connectivity index (χ4n) is 3.18. The topological polar surface area (TPSA) is 76.4 Å². The van der Waals surface area contributed by atoms with Crippen LogP contribution in [-0.2, 0) is 25.5 Å². The molecular weight excluding hydrogens is 318 g/mol. The largest absolute Gasteiger partial charge is 0.468 e. The smallest absolute Gasteiger partial charge is 0.323 e. The molecule has 5 heteroatoms. The summed E-state index contributed by atoms with van der Waals surface area (Å²) in [5, 5.41) is 8.81. The molecule has 25 heavy (non-hydrogen) atoms. The van der Waals surface area contributed by atoms with Gasteiger partial charge in [-0.3, -0.25) is 9.59 Å². The molecule has 1 aliphatic rings. The van der Waals surface area contributed by atoms with E-state index in [1.54, 1.807) is 12.1 Å². The number of methoxy groups -OCH3 is 2. The van der Waals surface area contributed by atoms with Crippen LogP contribution < -0.4 is 0 Å². The van der Waals surface area contributed by atoms with E-state index in [-0.39, 0.29) is 12.3 Å². The van der Waals surface area contributed by atoms with E-state index in [2.05, 4.69) is 12.6 Å². The summed E-state index contributed by atoms with van der Waals surface area (Å²) in [7, 11) is 2.54. The van der Waals surface area contributed by atoms with Crippen molar-refractivity contribution in [1.29, 1.82) is 5.26 Å². The highest BCUT2D eigenvalue weighted by atomic mass is 16.5. The molecule has 0 spiro atoms. The summed E-state index contributed by atoms with van der Waals surface area (Å²) in [5.41, 5.74) is 1.21. The number of hydrogen-bond acceptors (Lipinski definition) is 5. The molecule has 0 bridgehead atoms. The Morgan fingerprint density at radius 2 is 1.88 bits per heavy atom. The molecule has 1 saturated carbocycles. The predicted octanol–water partition coefficient (Wildman–Crippen LogP) is 2.96. The van der Waals surface area contributed by atoms with Crippen molar-refractivity contribution >= 4 is 11.9 Å². The molecule has 2 rings (SSSR count). The summed E-state index contributed by atoms with van der Waals surface area (Å²) in [6.07, 6.45) is 5.18. The zero-order chi connectivity index (χ0) is 18.4. The Bertz CT molecular complexity index is 724. The fourth-order valence-corrected chi connectivity index (χ4v) is 3.18. The third-order valence-corrected chi connectivity index (χ3v) is 4.58. The highest BCUT2D eigenvalue weighted by Crippen LogP contribution is 2.47. The lowest BCUT2D eigenvalue weighted by Gasteiger charge is -2.22. The Kier molecular flexibility index (Phi) is 5.76. The van der Waals surface area contributed by atoms with E-state index in [1.165, 1.54) is 14.2 Å². The van der Waals surface area contributed by atoms with E-state index in [4.69, 9.17) is 14.7 Å². The Morgan fingerprint density at radius 1 is 1.28 bits per heavy atom. The third-order valence-electron chi connectivity index (χ3n) is 4.58. The second-order valence-electron chi connectivity index (χ2n) is 6.15. The number of hydrogen-bond donors (Lipinski definition) is 0. The molecule has 5 nitrogen and oxygen atoms in total. The molecule has 1 aliphatic carbocycles. The van der Waals surface area contributed by atoms with E-state index in [0.29, 0.717) is 18.4 Å². The SMILES string of the molecule is C=C1CC(C(=O)OC)(C(=O)OC)CC1/C=C/Cc1ccc(C#N)cc1. The van der Waals surface area contributed by atoms with E-state index >= 15 is 0 Å². The number of allylic oxidation sites excluding steroid dienone is 3. The average molecular weight is 339 g/mol. The number of rotatable bonds is 5. The molecule has 0 heterocycles. The van der Waals surface area contributed by atoms with Crippen molar-refractivity contribution in [2.75, 3.05) is 14.2 Å². The van der Waals surface area contributed by atoms with Gasteiger partial charge in [0.05, 0.1) is 25.9 Å². The summed E-state index contributed by atoms with van der Waals surface area (Å²) in [5.74, 6) is -1.25. The van der Waals surface area contributed by atoms with Crippen molar-refractivity contribution in [1.82, 2.24) is 0 Å². The van der Waals surface area contributed by atoms with E-state index < -0.39 is 17.4 Å². The zero-order valence-corrected chi connectivity index (χ0v) is 14.5. The Hall–Kier alpha value is -2.87. The summed E-state index contributed by atoms with van der Waals surface area (Å²) in [6, 6.07) is 9.44. The van der Waals surface area contributed by atoms with Crippen LogP contribution in [0.15, 0.2) is 48.6 Å². The normalized spacial score (nSPS) is 18.8. The first-order chi connectivity index (χ1) is 12.0. The number of carbonyl (C=O) groups excluding carboxylic acids is 2. The average Bonchev–Trinajstić information content (AvgIpc) is 2.98. The van der Waals surface area contributed by atoms with Crippen LogP contribution in [0, 0.1) is 22.7 Å². The van der Waals surface area contributed by atoms with Crippen LogP contribution in [0.4, 0.5) is 0 Å². The lowest BCUT2D eigenvalue weighted by atomic mass is 9.85. The first kappa shape index (κ1) is 18.5. The number of carbonyl (C=O) groups is 2. The van der Waals surface area contributed by atoms with Gasteiger partial charge in [-0.15, -0.1) is 0 Å².